The van der Waals surface area contributed by atoms with Gasteiger partial charge >= 0.3 is 0 Å². The molecule has 1 rings (SSSR count). The number of rotatable bonds is 3. The summed E-state index contributed by atoms with van der Waals surface area (Å²) in [5.74, 6) is 0.552. The normalized spacial score (nSPS) is 21.9. The van der Waals surface area contributed by atoms with Gasteiger partial charge in [0, 0.05) is 18.0 Å². The molecule has 1 aliphatic heterocycles. The van der Waals surface area contributed by atoms with Gasteiger partial charge in [-0.15, -0.1) is 0 Å². The molecule has 0 aromatic heterocycles. The Labute approximate surface area is 70.7 Å². The molecule has 0 spiro atoms. The number of likely N-dealkylation sites (N-methyl/N-ethyl adjacent to an activating group) is 1. The van der Waals surface area contributed by atoms with Gasteiger partial charge in [0.05, 0.1) is 12.6 Å². The first-order chi connectivity index (χ1) is 5.79. The zero-order valence-corrected chi connectivity index (χ0v) is 7.01. The summed E-state index contributed by atoms with van der Waals surface area (Å²) in [6.07, 6.45) is 0. The lowest BCUT2D eigenvalue weighted by molar-refractivity contribution is 0.361. The van der Waals surface area contributed by atoms with E-state index in [0.717, 1.165) is 6.54 Å². The van der Waals surface area contributed by atoms with Crippen LogP contribution in [0.3, 0.4) is 0 Å². The van der Waals surface area contributed by atoms with Crippen LogP contribution >= 0.6 is 0 Å². The summed E-state index contributed by atoms with van der Waals surface area (Å²) in [4.78, 5) is 8.70. The van der Waals surface area contributed by atoms with Crippen LogP contribution < -0.4 is 5.73 Å². The van der Waals surface area contributed by atoms with E-state index in [1.165, 1.54) is 0 Å². The molecule has 66 valence electrons. The zero-order chi connectivity index (χ0) is 8.97. The first-order valence-electron chi connectivity index (χ1n) is 3.87. The molecule has 0 bridgehead atoms. The summed E-state index contributed by atoms with van der Waals surface area (Å²) >= 11 is 0. The molecule has 1 atom stereocenters. The Morgan fingerprint density at radius 1 is 1.92 bits per heavy atom. The second-order valence-electron chi connectivity index (χ2n) is 2.55. The van der Waals surface area contributed by atoms with Gasteiger partial charge in [-0.25, -0.2) is 0 Å². The molecule has 0 amide bonds. The molecule has 1 unspecified atom stereocenters. The zero-order valence-electron chi connectivity index (χ0n) is 7.01. The standard InChI is InChI=1S/C6H12N6/c1-2-12-5(4-10-11-8)3-9-6(12)7/h5H,2-4H2,1H3,(H2,7,9). The van der Waals surface area contributed by atoms with Gasteiger partial charge in [0.2, 0.25) is 0 Å². The van der Waals surface area contributed by atoms with Gasteiger partial charge in [-0.1, -0.05) is 5.11 Å². The van der Waals surface area contributed by atoms with Crippen molar-refractivity contribution in [2.75, 3.05) is 19.6 Å². The van der Waals surface area contributed by atoms with E-state index in [2.05, 4.69) is 15.0 Å². The fraction of sp³-hybridized carbons (Fsp3) is 0.833. The van der Waals surface area contributed by atoms with Crippen molar-refractivity contribution in [1.82, 2.24) is 4.90 Å². The third-order valence-electron chi connectivity index (χ3n) is 1.90. The number of hydrogen-bond donors (Lipinski definition) is 1. The second kappa shape index (κ2) is 3.82. The van der Waals surface area contributed by atoms with E-state index in [4.69, 9.17) is 11.3 Å². The van der Waals surface area contributed by atoms with E-state index in [0.29, 0.717) is 19.0 Å². The van der Waals surface area contributed by atoms with E-state index in [9.17, 15) is 0 Å². The van der Waals surface area contributed by atoms with E-state index in [1.807, 2.05) is 11.8 Å². The maximum atomic E-state index is 8.12. The van der Waals surface area contributed by atoms with Crippen LogP contribution in [0, 0.1) is 0 Å². The fourth-order valence-corrected chi connectivity index (χ4v) is 1.28. The first-order valence-corrected chi connectivity index (χ1v) is 3.87. The second-order valence-corrected chi connectivity index (χ2v) is 2.55. The lowest BCUT2D eigenvalue weighted by Crippen LogP contribution is -2.41. The van der Waals surface area contributed by atoms with Crippen LogP contribution in [0.15, 0.2) is 10.1 Å². The van der Waals surface area contributed by atoms with Crippen LogP contribution in [0.25, 0.3) is 10.4 Å². The Hall–Kier alpha value is -1.42. The van der Waals surface area contributed by atoms with Gasteiger partial charge in [-0.2, -0.15) is 0 Å². The number of hydrogen-bond acceptors (Lipinski definition) is 4. The molecule has 1 aliphatic rings. The van der Waals surface area contributed by atoms with Crippen LogP contribution in [-0.2, 0) is 0 Å². The quantitative estimate of drug-likeness (QED) is 0.373. The maximum Gasteiger partial charge on any atom is 0.191 e. The summed E-state index contributed by atoms with van der Waals surface area (Å²) in [5, 5.41) is 3.50. The lowest BCUT2D eigenvalue weighted by atomic mass is 10.3. The Bertz CT molecular complexity index is 228. The molecule has 0 aromatic carbocycles. The van der Waals surface area contributed by atoms with Gasteiger partial charge in [-0.05, 0) is 12.5 Å². The SMILES string of the molecule is CCN1C(N)=NCC1CN=[N+]=[N-]. The lowest BCUT2D eigenvalue weighted by Gasteiger charge is -2.22. The Morgan fingerprint density at radius 2 is 2.67 bits per heavy atom. The number of nitrogens with zero attached hydrogens (tertiary/aromatic N) is 5. The van der Waals surface area contributed by atoms with Gasteiger partial charge in [0.15, 0.2) is 5.96 Å². The van der Waals surface area contributed by atoms with Crippen molar-refractivity contribution >= 4 is 5.96 Å². The highest BCUT2D eigenvalue weighted by Gasteiger charge is 2.23. The van der Waals surface area contributed by atoms with Crippen LogP contribution in [0.1, 0.15) is 6.92 Å². The van der Waals surface area contributed by atoms with Gasteiger partial charge in [0.25, 0.3) is 0 Å². The average molecular weight is 168 g/mol. The highest BCUT2D eigenvalue weighted by Crippen LogP contribution is 2.07. The first kappa shape index (κ1) is 8.67. The summed E-state index contributed by atoms with van der Waals surface area (Å²) in [5.41, 5.74) is 13.7. The minimum atomic E-state index is 0.158. The Morgan fingerprint density at radius 3 is 3.25 bits per heavy atom. The van der Waals surface area contributed by atoms with Crippen molar-refractivity contribution in [2.24, 2.45) is 15.8 Å². The number of aliphatic imine (C=N–C) groups is 1. The average Bonchev–Trinajstić information content (AvgIpc) is 2.43. The molecule has 0 fully saturated rings. The summed E-state index contributed by atoms with van der Waals surface area (Å²) in [6, 6.07) is 0.158. The summed E-state index contributed by atoms with van der Waals surface area (Å²) < 4.78 is 0. The Balaban J connectivity index is 2.53. The molecule has 0 aromatic rings. The summed E-state index contributed by atoms with van der Waals surface area (Å²) in [6.45, 7) is 3.88. The van der Waals surface area contributed by atoms with Crippen molar-refractivity contribution in [3.8, 4) is 0 Å². The molecule has 6 heteroatoms. The van der Waals surface area contributed by atoms with E-state index < -0.39 is 0 Å². The minimum Gasteiger partial charge on any atom is -0.370 e. The molecule has 1 heterocycles. The third-order valence-corrected chi connectivity index (χ3v) is 1.90. The smallest absolute Gasteiger partial charge is 0.191 e. The van der Waals surface area contributed by atoms with Crippen molar-refractivity contribution in [3.05, 3.63) is 10.4 Å². The number of nitrogens with two attached hydrogens (primary N) is 1. The van der Waals surface area contributed by atoms with Crippen LogP contribution in [0.5, 0.6) is 0 Å². The van der Waals surface area contributed by atoms with Crippen LogP contribution in [-0.4, -0.2) is 36.5 Å². The van der Waals surface area contributed by atoms with Crippen LogP contribution in [0.2, 0.25) is 0 Å². The predicted octanol–water partition coefficient (Wildman–Crippen LogP) is 0.315. The Kier molecular flexibility index (Phi) is 2.76. The van der Waals surface area contributed by atoms with Crippen molar-refractivity contribution < 1.29 is 0 Å². The molecule has 0 saturated heterocycles. The molecule has 12 heavy (non-hydrogen) atoms. The highest BCUT2D eigenvalue weighted by molar-refractivity contribution is 5.80. The van der Waals surface area contributed by atoms with Crippen LogP contribution in [0.4, 0.5) is 0 Å². The molecule has 0 aliphatic carbocycles. The van der Waals surface area contributed by atoms with Crippen molar-refractivity contribution in [1.29, 1.82) is 0 Å². The summed E-state index contributed by atoms with van der Waals surface area (Å²) in [7, 11) is 0. The maximum absolute atomic E-state index is 8.12. The topological polar surface area (TPSA) is 90.4 Å². The fourth-order valence-electron chi connectivity index (χ4n) is 1.28. The molecular weight excluding hydrogens is 156 g/mol. The number of azide groups is 1. The van der Waals surface area contributed by atoms with Crippen molar-refractivity contribution in [2.45, 2.75) is 13.0 Å². The van der Waals surface area contributed by atoms with Gasteiger partial charge in [-0.3, -0.25) is 4.99 Å². The monoisotopic (exact) mass is 168 g/mol. The highest BCUT2D eigenvalue weighted by atomic mass is 15.3. The molecule has 2 N–H and O–H groups in total. The van der Waals surface area contributed by atoms with Gasteiger partial charge < -0.3 is 10.6 Å². The number of guanidine groups is 1. The van der Waals surface area contributed by atoms with Crippen molar-refractivity contribution in [3.63, 3.8) is 0 Å². The van der Waals surface area contributed by atoms with E-state index >= 15 is 0 Å². The largest absolute Gasteiger partial charge is 0.370 e. The molecule has 0 radical (unpaired) electrons. The van der Waals surface area contributed by atoms with E-state index in [-0.39, 0.29) is 6.04 Å². The molecule has 6 nitrogen and oxygen atoms in total. The third kappa shape index (κ3) is 1.60. The minimum absolute atomic E-state index is 0.158. The molecular formula is C6H12N6. The predicted molar refractivity (Wildman–Crippen MR) is 46.7 cm³/mol. The van der Waals surface area contributed by atoms with Gasteiger partial charge in [0.1, 0.15) is 0 Å². The molecule has 0 saturated carbocycles. The van der Waals surface area contributed by atoms with E-state index in [1.54, 1.807) is 0 Å².